The van der Waals surface area contributed by atoms with Gasteiger partial charge in [-0.25, -0.2) is 0 Å². The molecule has 2 N–H and O–H groups in total. The average molecular weight is 356 g/mol. The first-order chi connectivity index (χ1) is 12.7. The van der Waals surface area contributed by atoms with Gasteiger partial charge in [0.05, 0.1) is 6.61 Å². The summed E-state index contributed by atoms with van der Waals surface area (Å²) < 4.78 is 21.6. The number of hydrogen-bond acceptors (Lipinski definition) is 6. The van der Waals surface area contributed by atoms with Crippen molar-refractivity contribution in [2.24, 2.45) is 0 Å². The minimum Gasteiger partial charge on any atom is -0.485 e. The zero-order valence-electron chi connectivity index (χ0n) is 13.7. The quantitative estimate of drug-likeness (QED) is 0.784. The molecule has 0 saturated heterocycles. The summed E-state index contributed by atoms with van der Waals surface area (Å²) in [7, 11) is 0. The van der Waals surface area contributed by atoms with Gasteiger partial charge in [-0.15, -0.1) is 0 Å². The van der Waals surface area contributed by atoms with E-state index < -0.39 is 17.9 Å². The molecule has 8 heteroatoms. The van der Waals surface area contributed by atoms with Gasteiger partial charge in [-0.1, -0.05) is 12.1 Å². The van der Waals surface area contributed by atoms with Gasteiger partial charge in [0.15, 0.2) is 18.3 Å². The summed E-state index contributed by atoms with van der Waals surface area (Å²) in [6.45, 7) is 0.628. The molecule has 2 aliphatic rings. The Morgan fingerprint density at radius 2 is 1.81 bits per heavy atom. The Kier molecular flexibility index (Phi) is 4.32. The van der Waals surface area contributed by atoms with Crippen molar-refractivity contribution in [3.05, 3.63) is 53.6 Å². The van der Waals surface area contributed by atoms with Gasteiger partial charge in [-0.3, -0.25) is 20.4 Å². The fourth-order valence-electron chi connectivity index (χ4n) is 2.65. The molecule has 2 aliphatic heterocycles. The number of amides is 2. The lowest BCUT2D eigenvalue weighted by Crippen LogP contribution is -2.50. The van der Waals surface area contributed by atoms with Crippen LogP contribution in [0.25, 0.3) is 0 Å². The van der Waals surface area contributed by atoms with Crippen LogP contribution in [0.5, 0.6) is 17.2 Å². The average Bonchev–Trinajstić information content (AvgIpc) is 2.71. The highest BCUT2D eigenvalue weighted by Crippen LogP contribution is 2.30. The number of hydrogen-bond donors (Lipinski definition) is 2. The second kappa shape index (κ2) is 6.93. The third-order valence-corrected chi connectivity index (χ3v) is 3.98. The van der Waals surface area contributed by atoms with Crippen LogP contribution in [0.4, 0.5) is 0 Å². The maximum atomic E-state index is 12.2. The van der Waals surface area contributed by atoms with Crippen LogP contribution in [0, 0.1) is 0 Å². The van der Waals surface area contributed by atoms with Crippen LogP contribution >= 0.6 is 0 Å². The minimum absolute atomic E-state index is 0.0617. The molecule has 2 heterocycles. The maximum absolute atomic E-state index is 12.2. The third-order valence-electron chi connectivity index (χ3n) is 3.98. The van der Waals surface area contributed by atoms with E-state index in [1.165, 1.54) is 0 Å². The highest BCUT2D eigenvalue weighted by Gasteiger charge is 2.27. The Labute approximate surface area is 149 Å². The van der Waals surface area contributed by atoms with Gasteiger partial charge >= 0.3 is 0 Å². The normalized spacial score (nSPS) is 17.5. The molecule has 8 nitrogen and oxygen atoms in total. The smallest absolute Gasteiger partial charge is 0.283 e. The number of fused-ring (bicyclic) bond motifs is 2. The number of benzene rings is 2. The summed E-state index contributed by atoms with van der Waals surface area (Å²) in [5, 5.41) is 0. The molecule has 2 aromatic rings. The molecule has 0 spiro atoms. The Morgan fingerprint density at radius 1 is 0.962 bits per heavy atom. The van der Waals surface area contributed by atoms with E-state index in [4.69, 9.17) is 18.9 Å². The lowest BCUT2D eigenvalue weighted by Gasteiger charge is -2.25. The van der Waals surface area contributed by atoms with E-state index in [0.717, 1.165) is 5.56 Å². The van der Waals surface area contributed by atoms with Crippen LogP contribution in [0.1, 0.15) is 15.9 Å². The van der Waals surface area contributed by atoms with Gasteiger partial charge in [0, 0.05) is 11.1 Å². The van der Waals surface area contributed by atoms with Gasteiger partial charge in [0.25, 0.3) is 11.8 Å². The van der Waals surface area contributed by atoms with Crippen LogP contribution in [0.3, 0.4) is 0 Å². The maximum Gasteiger partial charge on any atom is 0.283 e. The summed E-state index contributed by atoms with van der Waals surface area (Å²) in [5.74, 6) is 0.795. The van der Waals surface area contributed by atoms with E-state index >= 15 is 0 Å². The molecule has 4 rings (SSSR count). The first-order valence-electron chi connectivity index (χ1n) is 8.03. The number of hydrazine groups is 1. The summed E-state index contributed by atoms with van der Waals surface area (Å²) >= 11 is 0. The summed E-state index contributed by atoms with van der Waals surface area (Å²) in [6.07, 6.45) is -0.851. The van der Waals surface area contributed by atoms with E-state index in [0.29, 0.717) is 29.4 Å². The predicted molar refractivity (Wildman–Crippen MR) is 88.7 cm³/mol. The van der Waals surface area contributed by atoms with E-state index in [9.17, 15) is 9.59 Å². The highest BCUT2D eigenvalue weighted by atomic mass is 16.7. The third kappa shape index (κ3) is 3.27. The number of ether oxygens (including phenoxy) is 4. The molecule has 0 fully saturated rings. The van der Waals surface area contributed by atoms with E-state index in [-0.39, 0.29) is 13.4 Å². The number of carbonyl (C=O) groups excluding carboxylic acids is 2. The van der Waals surface area contributed by atoms with Crippen molar-refractivity contribution in [1.29, 1.82) is 0 Å². The van der Waals surface area contributed by atoms with Crippen molar-refractivity contribution in [3.63, 3.8) is 0 Å². The fourth-order valence-corrected chi connectivity index (χ4v) is 2.65. The largest absolute Gasteiger partial charge is 0.485 e. The van der Waals surface area contributed by atoms with Crippen molar-refractivity contribution in [3.8, 4) is 17.2 Å². The van der Waals surface area contributed by atoms with Crippen molar-refractivity contribution < 1.29 is 28.5 Å². The van der Waals surface area contributed by atoms with E-state index in [1.807, 2.05) is 6.07 Å². The molecular weight excluding hydrogens is 340 g/mol. The van der Waals surface area contributed by atoms with Crippen LogP contribution in [-0.2, 0) is 16.1 Å². The highest BCUT2D eigenvalue weighted by molar-refractivity contribution is 5.96. The van der Waals surface area contributed by atoms with Crippen molar-refractivity contribution in [2.45, 2.75) is 12.7 Å². The van der Waals surface area contributed by atoms with Gasteiger partial charge in [-0.2, -0.15) is 0 Å². The Morgan fingerprint density at radius 3 is 2.69 bits per heavy atom. The molecule has 0 aliphatic carbocycles. The zero-order chi connectivity index (χ0) is 17.9. The molecule has 0 bridgehead atoms. The molecule has 0 radical (unpaired) electrons. The van der Waals surface area contributed by atoms with Crippen molar-refractivity contribution >= 4 is 11.8 Å². The lowest BCUT2D eigenvalue weighted by atomic mass is 10.1. The Hall–Kier alpha value is -3.26. The van der Waals surface area contributed by atoms with Crippen molar-refractivity contribution in [1.82, 2.24) is 10.9 Å². The number of rotatable bonds is 2. The van der Waals surface area contributed by atoms with Gasteiger partial charge in [0.1, 0.15) is 12.4 Å². The first-order valence-corrected chi connectivity index (χ1v) is 8.03. The summed E-state index contributed by atoms with van der Waals surface area (Å²) in [4.78, 5) is 24.4. The second-order valence-electron chi connectivity index (χ2n) is 5.74. The van der Waals surface area contributed by atoms with Crippen molar-refractivity contribution in [2.75, 3.05) is 13.4 Å². The molecular formula is C18H16N2O6. The predicted octanol–water partition coefficient (Wildman–Crippen LogP) is 1.15. The number of para-hydroxylation sites is 2. The molecule has 2 aromatic carbocycles. The second-order valence-corrected chi connectivity index (χ2v) is 5.74. The molecule has 0 unspecified atom stereocenters. The topological polar surface area (TPSA) is 95.1 Å². The minimum atomic E-state index is -0.851. The standard InChI is InChI=1S/C18H16N2O6/c21-17(11-5-6-13-12(7-11)8-23-10-25-13)19-20-18(22)16-9-24-14-3-1-2-4-15(14)26-16/h1-7,16H,8-10H2,(H,19,21)(H,20,22)/t16-/m0/s1. The Balaban J connectivity index is 1.35. The number of carbonyl (C=O) groups is 2. The monoisotopic (exact) mass is 356 g/mol. The van der Waals surface area contributed by atoms with Gasteiger partial charge in [-0.05, 0) is 30.3 Å². The first kappa shape index (κ1) is 16.2. The number of nitrogens with one attached hydrogen (secondary N) is 2. The summed E-state index contributed by atoms with van der Waals surface area (Å²) in [6, 6.07) is 12.0. The van der Waals surface area contributed by atoms with Gasteiger partial charge < -0.3 is 18.9 Å². The zero-order valence-corrected chi connectivity index (χ0v) is 13.7. The molecule has 26 heavy (non-hydrogen) atoms. The molecule has 134 valence electrons. The SMILES string of the molecule is O=C(NNC(=O)[C@@H]1COc2ccccc2O1)c1ccc2c(c1)COCO2. The van der Waals surface area contributed by atoms with Crippen LogP contribution in [0.15, 0.2) is 42.5 Å². The molecule has 0 saturated carbocycles. The van der Waals surface area contributed by atoms with E-state index in [2.05, 4.69) is 10.9 Å². The molecule has 1 atom stereocenters. The lowest BCUT2D eigenvalue weighted by molar-refractivity contribution is -0.131. The Bertz CT molecular complexity index is 853. The molecule has 2 amide bonds. The van der Waals surface area contributed by atoms with Gasteiger partial charge in [0.2, 0.25) is 6.10 Å². The van der Waals surface area contributed by atoms with Crippen LogP contribution < -0.4 is 25.1 Å². The molecule has 0 aromatic heterocycles. The van der Waals surface area contributed by atoms with Crippen LogP contribution in [0.2, 0.25) is 0 Å². The summed E-state index contributed by atoms with van der Waals surface area (Å²) in [5.41, 5.74) is 5.88. The van der Waals surface area contributed by atoms with Crippen LogP contribution in [-0.4, -0.2) is 31.3 Å². The van der Waals surface area contributed by atoms with E-state index in [1.54, 1.807) is 36.4 Å². The fraction of sp³-hybridized carbons (Fsp3) is 0.222.